The van der Waals surface area contributed by atoms with E-state index in [2.05, 4.69) is 27.7 Å². The van der Waals surface area contributed by atoms with Crippen molar-refractivity contribution in [2.45, 2.75) is 175 Å². The minimum atomic E-state index is -0.00837. The van der Waals surface area contributed by atoms with Gasteiger partial charge in [0.15, 0.2) is 0 Å². The van der Waals surface area contributed by atoms with Crippen LogP contribution in [0.15, 0.2) is 0 Å². The summed E-state index contributed by atoms with van der Waals surface area (Å²) in [7, 11) is 0. The van der Waals surface area contributed by atoms with Crippen LogP contribution in [0.4, 0.5) is 0 Å². The van der Waals surface area contributed by atoms with E-state index in [1.807, 2.05) is 0 Å². The Balaban J connectivity index is 3.41. The van der Waals surface area contributed by atoms with E-state index in [4.69, 9.17) is 9.47 Å². The van der Waals surface area contributed by atoms with Gasteiger partial charge in [0.1, 0.15) is 0 Å². The molecule has 1 unspecified atom stereocenters. The van der Waals surface area contributed by atoms with Crippen molar-refractivity contribution in [2.75, 3.05) is 13.2 Å². The molecule has 0 aromatic heterocycles. The van der Waals surface area contributed by atoms with Crippen LogP contribution in [-0.2, 0) is 19.1 Å². The zero-order valence-electron chi connectivity index (χ0n) is 25.5. The van der Waals surface area contributed by atoms with Gasteiger partial charge in [-0.05, 0) is 31.6 Å². The Bertz CT molecular complexity index is 503. The molecule has 0 N–H and O–H groups in total. The van der Waals surface area contributed by atoms with Crippen LogP contribution in [0.2, 0.25) is 0 Å². The second-order valence-corrected chi connectivity index (χ2v) is 11.5. The van der Waals surface area contributed by atoms with Gasteiger partial charge >= 0.3 is 11.9 Å². The molecule has 0 rings (SSSR count). The zero-order valence-corrected chi connectivity index (χ0v) is 25.5. The molecular weight excluding hydrogens is 460 g/mol. The fourth-order valence-electron chi connectivity index (χ4n) is 4.90. The molecule has 4 nitrogen and oxygen atoms in total. The molecule has 0 bridgehead atoms. The summed E-state index contributed by atoms with van der Waals surface area (Å²) in [5.41, 5.74) is 0. The molecule has 0 aliphatic carbocycles. The van der Waals surface area contributed by atoms with Crippen molar-refractivity contribution in [3.63, 3.8) is 0 Å². The fraction of sp³-hybridized carbons (Fsp3) is 0.939. The second-order valence-electron chi connectivity index (χ2n) is 11.5. The lowest BCUT2D eigenvalue weighted by Crippen LogP contribution is -2.23. The van der Waals surface area contributed by atoms with E-state index in [0.717, 1.165) is 57.8 Å². The van der Waals surface area contributed by atoms with E-state index in [0.29, 0.717) is 25.6 Å². The number of rotatable bonds is 28. The first-order valence-corrected chi connectivity index (χ1v) is 16.3. The van der Waals surface area contributed by atoms with Gasteiger partial charge in [-0.3, -0.25) is 9.59 Å². The number of esters is 2. The molecule has 0 saturated carbocycles. The van der Waals surface area contributed by atoms with E-state index in [1.165, 1.54) is 83.5 Å². The molecule has 37 heavy (non-hydrogen) atoms. The molecule has 0 aliphatic rings. The van der Waals surface area contributed by atoms with Crippen LogP contribution in [0.5, 0.6) is 0 Å². The standard InChI is InChI=1S/C33H64O4/c1-5-7-24-28-36-32(34)27-23-21-19-17-15-13-11-9-10-12-14-16-18-20-22-26-31(30(3)4)33(35)37-29-25-8-6-2/h30-31H,5-29H2,1-4H3. The van der Waals surface area contributed by atoms with Crippen LogP contribution in [-0.4, -0.2) is 25.2 Å². The number of ether oxygens (including phenoxy) is 2. The highest BCUT2D eigenvalue weighted by molar-refractivity contribution is 5.72. The van der Waals surface area contributed by atoms with Crippen LogP contribution < -0.4 is 0 Å². The maximum absolute atomic E-state index is 12.4. The molecule has 0 aromatic rings. The average molecular weight is 525 g/mol. The van der Waals surface area contributed by atoms with Crippen molar-refractivity contribution in [3.8, 4) is 0 Å². The van der Waals surface area contributed by atoms with Crippen LogP contribution in [0.1, 0.15) is 175 Å². The minimum Gasteiger partial charge on any atom is -0.466 e. The highest BCUT2D eigenvalue weighted by Gasteiger charge is 2.22. The Hall–Kier alpha value is -1.06. The smallest absolute Gasteiger partial charge is 0.309 e. The van der Waals surface area contributed by atoms with E-state index in [9.17, 15) is 9.59 Å². The predicted molar refractivity (Wildman–Crippen MR) is 158 cm³/mol. The van der Waals surface area contributed by atoms with Gasteiger partial charge in [0.25, 0.3) is 0 Å². The number of hydrogen-bond donors (Lipinski definition) is 0. The third-order valence-corrected chi connectivity index (χ3v) is 7.51. The second kappa shape index (κ2) is 28.0. The van der Waals surface area contributed by atoms with E-state index >= 15 is 0 Å². The topological polar surface area (TPSA) is 52.6 Å². The van der Waals surface area contributed by atoms with Gasteiger partial charge in [0.05, 0.1) is 19.1 Å². The summed E-state index contributed by atoms with van der Waals surface area (Å²) in [6.07, 6.45) is 27.4. The summed E-state index contributed by atoms with van der Waals surface area (Å²) >= 11 is 0. The number of hydrogen-bond acceptors (Lipinski definition) is 4. The normalized spacial score (nSPS) is 12.1. The van der Waals surface area contributed by atoms with Crippen molar-refractivity contribution < 1.29 is 19.1 Å². The Morgan fingerprint density at radius 3 is 1.35 bits per heavy atom. The lowest BCUT2D eigenvalue weighted by Gasteiger charge is -2.19. The Kier molecular flexibility index (Phi) is 27.2. The van der Waals surface area contributed by atoms with Gasteiger partial charge in [0, 0.05) is 6.42 Å². The molecule has 0 aromatic carbocycles. The minimum absolute atomic E-state index is 0.00837. The average Bonchev–Trinajstić information content (AvgIpc) is 2.88. The van der Waals surface area contributed by atoms with Crippen molar-refractivity contribution >= 4 is 11.9 Å². The van der Waals surface area contributed by atoms with Crippen molar-refractivity contribution in [1.29, 1.82) is 0 Å². The first-order valence-electron chi connectivity index (χ1n) is 16.3. The summed E-state index contributed by atoms with van der Waals surface area (Å²) in [5.74, 6) is 0.465. The number of unbranched alkanes of at least 4 members (excludes halogenated alkanes) is 18. The largest absolute Gasteiger partial charge is 0.466 e. The highest BCUT2D eigenvalue weighted by atomic mass is 16.5. The summed E-state index contributed by atoms with van der Waals surface area (Å²) in [6.45, 7) is 9.82. The van der Waals surface area contributed by atoms with E-state index < -0.39 is 0 Å². The summed E-state index contributed by atoms with van der Waals surface area (Å²) in [6, 6.07) is 0. The van der Waals surface area contributed by atoms with Gasteiger partial charge < -0.3 is 9.47 Å². The monoisotopic (exact) mass is 524 g/mol. The SMILES string of the molecule is CCCCCOC(=O)CCCCCCCCCCCCCCCCCC(C(=O)OCCCCC)C(C)C. The molecule has 0 fully saturated rings. The van der Waals surface area contributed by atoms with Crippen molar-refractivity contribution in [2.24, 2.45) is 11.8 Å². The molecule has 0 spiro atoms. The number of carbonyl (C=O) groups excluding carboxylic acids is 2. The van der Waals surface area contributed by atoms with Gasteiger partial charge in [-0.1, -0.05) is 143 Å². The predicted octanol–water partition coefficient (Wildman–Crippen LogP) is 10.4. The maximum atomic E-state index is 12.4. The van der Waals surface area contributed by atoms with Gasteiger partial charge in [-0.15, -0.1) is 0 Å². The molecular formula is C33H64O4. The van der Waals surface area contributed by atoms with Crippen molar-refractivity contribution in [1.82, 2.24) is 0 Å². The van der Waals surface area contributed by atoms with E-state index in [-0.39, 0.29) is 17.9 Å². The van der Waals surface area contributed by atoms with Gasteiger partial charge in [0.2, 0.25) is 0 Å². The summed E-state index contributed by atoms with van der Waals surface area (Å²) in [5, 5.41) is 0. The first kappa shape index (κ1) is 35.9. The van der Waals surface area contributed by atoms with Crippen LogP contribution in [0, 0.1) is 11.8 Å². The van der Waals surface area contributed by atoms with E-state index in [1.54, 1.807) is 0 Å². The Labute approximate surface area is 231 Å². The highest BCUT2D eigenvalue weighted by Crippen LogP contribution is 2.22. The fourth-order valence-corrected chi connectivity index (χ4v) is 4.90. The molecule has 0 heterocycles. The molecule has 0 saturated heterocycles. The molecule has 0 aliphatic heterocycles. The quantitative estimate of drug-likeness (QED) is 0.0754. The molecule has 220 valence electrons. The molecule has 0 radical (unpaired) electrons. The third-order valence-electron chi connectivity index (χ3n) is 7.51. The summed E-state index contributed by atoms with van der Waals surface area (Å²) in [4.78, 5) is 24.0. The Morgan fingerprint density at radius 2 is 0.919 bits per heavy atom. The van der Waals surface area contributed by atoms with Crippen molar-refractivity contribution in [3.05, 3.63) is 0 Å². The first-order chi connectivity index (χ1) is 18.0. The summed E-state index contributed by atoms with van der Waals surface area (Å²) < 4.78 is 10.8. The van der Waals surface area contributed by atoms with Gasteiger partial charge in [-0.2, -0.15) is 0 Å². The van der Waals surface area contributed by atoms with Gasteiger partial charge in [-0.25, -0.2) is 0 Å². The van der Waals surface area contributed by atoms with Crippen LogP contribution in [0.3, 0.4) is 0 Å². The van der Waals surface area contributed by atoms with Crippen LogP contribution >= 0.6 is 0 Å². The zero-order chi connectivity index (χ0) is 27.4. The lowest BCUT2D eigenvalue weighted by molar-refractivity contribution is -0.150. The van der Waals surface area contributed by atoms with Crippen LogP contribution in [0.25, 0.3) is 0 Å². The molecule has 4 heteroatoms. The Morgan fingerprint density at radius 1 is 0.514 bits per heavy atom. The molecule has 0 amide bonds. The molecule has 1 atom stereocenters. The third kappa shape index (κ3) is 25.0. The number of carbonyl (C=O) groups is 2. The lowest BCUT2D eigenvalue weighted by atomic mass is 9.90. The maximum Gasteiger partial charge on any atom is 0.309 e.